The summed E-state index contributed by atoms with van der Waals surface area (Å²) in [6.45, 7) is 3.35. The average molecular weight is 438 g/mol. The fraction of sp³-hybridized carbons (Fsp3) is 0.276. The number of hydroxylamine groups is 1. The molecule has 168 valence electrons. The van der Waals surface area contributed by atoms with Gasteiger partial charge in [0.25, 0.3) is 0 Å². The van der Waals surface area contributed by atoms with E-state index >= 15 is 0 Å². The molecule has 4 heteroatoms. The van der Waals surface area contributed by atoms with E-state index in [2.05, 4.69) is 102 Å². The van der Waals surface area contributed by atoms with Crippen molar-refractivity contribution in [2.45, 2.75) is 51.3 Å². The van der Waals surface area contributed by atoms with Gasteiger partial charge < -0.3 is 0 Å². The third kappa shape index (κ3) is 4.92. The van der Waals surface area contributed by atoms with Crippen molar-refractivity contribution in [3.63, 3.8) is 0 Å². The summed E-state index contributed by atoms with van der Waals surface area (Å²) in [5.74, 6) is 0.371. The molecule has 4 nitrogen and oxygen atoms in total. The first-order valence-electron chi connectivity index (χ1n) is 11.9. The quantitative estimate of drug-likeness (QED) is 0.335. The molecule has 4 aromatic rings. The van der Waals surface area contributed by atoms with Gasteiger partial charge in [0.05, 0.1) is 18.3 Å². The van der Waals surface area contributed by atoms with E-state index in [9.17, 15) is 0 Å². The summed E-state index contributed by atoms with van der Waals surface area (Å²) in [7, 11) is 0. The minimum atomic E-state index is 0.116. The van der Waals surface area contributed by atoms with E-state index in [-0.39, 0.29) is 6.04 Å². The van der Waals surface area contributed by atoms with Crippen LogP contribution in [0.25, 0.3) is 0 Å². The van der Waals surface area contributed by atoms with Crippen molar-refractivity contribution in [2.75, 3.05) is 0 Å². The molecule has 33 heavy (non-hydrogen) atoms. The van der Waals surface area contributed by atoms with Crippen LogP contribution in [0.4, 0.5) is 0 Å². The fourth-order valence-corrected chi connectivity index (χ4v) is 4.89. The summed E-state index contributed by atoms with van der Waals surface area (Å²) in [6.07, 6.45) is 3.38. The zero-order chi connectivity index (χ0) is 22.5. The largest absolute Gasteiger partial charge is 0.295 e. The molecule has 5 rings (SSSR count). The summed E-state index contributed by atoms with van der Waals surface area (Å²) >= 11 is 0. The van der Waals surface area contributed by atoms with Gasteiger partial charge in [-0.2, -0.15) is 10.6 Å². The Kier molecular flexibility index (Phi) is 6.66. The maximum atomic E-state index is 5.98. The Hall–Kier alpha value is -3.21. The van der Waals surface area contributed by atoms with Crippen LogP contribution in [-0.2, 0) is 24.4 Å². The molecule has 0 radical (unpaired) electrons. The molecule has 0 amide bonds. The number of benzene rings is 3. The molecule has 1 aliphatic rings. The lowest BCUT2D eigenvalue weighted by molar-refractivity contribution is 0.00474. The Morgan fingerprint density at radius 2 is 1.61 bits per heavy atom. The van der Waals surface area contributed by atoms with Crippen LogP contribution in [0.5, 0.6) is 0 Å². The van der Waals surface area contributed by atoms with Crippen molar-refractivity contribution in [1.82, 2.24) is 15.3 Å². The minimum absolute atomic E-state index is 0.116. The first-order chi connectivity index (χ1) is 16.3. The minimum Gasteiger partial charge on any atom is -0.295 e. The number of fused-ring (bicyclic) bond motifs is 1. The third-order valence-corrected chi connectivity index (χ3v) is 6.57. The van der Waals surface area contributed by atoms with Gasteiger partial charge in [-0.15, -0.1) is 0 Å². The monoisotopic (exact) mass is 437 g/mol. The Morgan fingerprint density at radius 1 is 0.939 bits per heavy atom. The maximum Gasteiger partial charge on any atom is 0.112 e. The van der Waals surface area contributed by atoms with Crippen LogP contribution in [0.1, 0.15) is 65.4 Å². The van der Waals surface area contributed by atoms with Crippen LogP contribution in [0.2, 0.25) is 0 Å². The molecular weight excluding hydrogens is 406 g/mol. The Morgan fingerprint density at radius 3 is 2.33 bits per heavy atom. The molecule has 0 saturated heterocycles. The molecule has 0 fully saturated rings. The molecule has 0 bridgehead atoms. The summed E-state index contributed by atoms with van der Waals surface area (Å²) in [4.78, 5) is 5.98. The molecule has 0 spiro atoms. The molecule has 0 aliphatic heterocycles. The van der Waals surface area contributed by atoms with Gasteiger partial charge in [-0.3, -0.25) is 9.52 Å². The van der Waals surface area contributed by atoms with Crippen LogP contribution >= 0.6 is 0 Å². The topological polar surface area (TPSA) is 39.1 Å². The lowest BCUT2D eigenvalue weighted by Gasteiger charge is -2.25. The SMILES string of the molecule is CC(NOCc1nn(Cc2ccccc2)c2c1CCCC2c1ccccc1)c1ccccc1. The molecule has 0 saturated carbocycles. The van der Waals surface area contributed by atoms with Gasteiger partial charge in [-0.25, -0.2) is 0 Å². The second-order valence-corrected chi connectivity index (χ2v) is 8.85. The Bertz CT molecular complexity index is 1160. The number of rotatable bonds is 8. The fourth-order valence-electron chi connectivity index (χ4n) is 4.89. The zero-order valence-corrected chi connectivity index (χ0v) is 19.2. The van der Waals surface area contributed by atoms with E-state index in [0.29, 0.717) is 12.5 Å². The Labute approximate surface area is 196 Å². The van der Waals surface area contributed by atoms with Crippen LogP contribution < -0.4 is 5.48 Å². The summed E-state index contributed by atoms with van der Waals surface area (Å²) in [5, 5.41) is 5.08. The molecule has 2 unspecified atom stereocenters. The first-order valence-corrected chi connectivity index (χ1v) is 11.9. The predicted octanol–water partition coefficient (Wildman–Crippen LogP) is 6.18. The number of hydrogen-bond donors (Lipinski definition) is 1. The van der Waals surface area contributed by atoms with E-state index in [0.717, 1.165) is 25.1 Å². The van der Waals surface area contributed by atoms with Crippen molar-refractivity contribution in [3.8, 4) is 0 Å². The molecule has 1 aliphatic carbocycles. The van der Waals surface area contributed by atoms with Crippen molar-refractivity contribution in [2.24, 2.45) is 0 Å². The van der Waals surface area contributed by atoms with Gasteiger partial charge in [0.1, 0.15) is 6.61 Å². The third-order valence-electron chi connectivity index (χ3n) is 6.57. The van der Waals surface area contributed by atoms with Crippen LogP contribution in [0.15, 0.2) is 91.0 Å². The maximum absolute atomic E-state index is 5.98. The van der Waals surface area contributed by atoms with Gasteiger partial charge in [0, 0.05) is 11.6 Å². The summed E-state index contributed by atoms with van der Waals surface area (Å²) < 4.78 is 2.22. The van der Waals surface area contributed by atoms with Crippen LogP contribution in [-0.4, -0.2) is 9.78 Å². The van der Waals surface area contributed by atoms with Gasteiger partial charge in [-0.05, 0) is 48.4 Å². The highest BCUT2D eigenvalue weighted by Crippen LogP contribution is 2.38. The molecule has 3 aromatic carbocycles. The lowest BCUT2D eigenvalue weighted by Crippen LogP contribution is -2.19. The van der Waals surface area contributed by atoms with Crippen LogP contribution in [0.3, 0.4) is 0 Å². The number of nitrogens with zero attached hydrogens (tertiary/aromatic N) is 2. The second kappa shape index (κ2) is 10.2. The molecule has 1 heterocycles. The molecule has 2 atom stereocenters. The highest BCUT2D eigenvalue weighted by atomic mass is 16.6. The number of aromatic nitrogens is 2. The smallest absolute Gasteiger partial charge is 0.112 e. The van der Waals surface area contributed by atoms with E-state index in [4.69, 9.17) is 9.94 Å². The second-order valence-electron chi connectivity index (χ2n) is 8.85. The van der Waals surface area contributed by atoms with E-state index in [1.54, 1.807) is 0 Å². The highest BCUT2D eigenvalue weighted by Gasteiger charge is 2.29. The van der Waals surface area contributed by atoms with E-state index < -0.39 is 0 Å². The van der Waals surface area contributed by atoms with Gasteiger partial charge in [-0.1, -0.05) is 91.0 Å². The van der Waals surface area contributed by atoms with Gasteiger partial charge in [0.2, 0.25) is 0 Å². The van der Waals surface area contributed by atoms with Gasteiger partial charge >= 0.3 is 0 Å². The predicted molar refractivity (Wildman–Crippen MR) is 132 cm³/mol. The number of nitrogens with one attached hydrogen (secondary N) is 1. The van der Waals surface area contributed by atoms with E-state index in [1.807, 2.05) is 6.07 Å². The number of hydrogen-bond acceptors (Lipinski definition) is 3. The van der Waals surface area contributed by atoms with Crippen LogP contribution in [0, 0.1) is 0 Å². The lowest BCUT2D eigenvalue weighted by atomic mass is 9.82. The van der Waals surface area contributed by atoms with Crippen molar-refractivity contribution in [1.29, 1.82) is 0 Å². The average Bonchev–Trinajstić information content (AvgIpc) is 3.23. The highest BCUT2D eigenvalue weighted by molar-refractivity contribution is 5.39. The summed E-state index contributed by atoms with van der Waals surface area (Å²) in [6, 6.07) is 32.0. The normalized spacial score (nSPS) is 16.3. The van der Waals surface area contributed by atoms with Gasteiger partial charge in [0.15, 0.2) is 0 Å². The van der Waals surface area contributed by atoms with E-state index in [1.165, 1.54) is 34.4 Å². The molecule has 1 aromatic heterocycles. The standard InChI is InChI=1S/C29H31N3O/c1-22(24-14-7-3-8-15-24)31-33-21-28-27-19-11-18-26(25-16-9-4-10-17-25)29(27)32(30-28)20-23-12-5-2-6-13-23/h2-10,12-17,22,26,31H,11,18-21H2,1H3. The van der Waals surface area contributed by atoms with Crippen molar-refractivity contribution in [3.05, 3.63) is 125 Å². The first kappa shape index (κ1) is 21.6. The zero-order valence-electron chi connectivity index (χ0n) is 19.2. The Balaban J connectivity index is 1.41. The molecule has 1 N–H and O–H groups in total. The summed E-state index contributed by atoms with van der Waals surface area (Å²) in [5.41, 5.74) is 10.8. The van der Waals surface area contributed by atoms with Crippen molar-refractivity contribution >= 4 is 0 Å². The molecular formula is C29H31N3O. The van der Waals surface area contributed by atoms with Crippen molar-refractivity contribution < 1.29 is 4.84 Å².